The van der Waals surface area contributed by atoms with Crippen LogP contribution in [0.2, 0.25) is 0 Å². The van der Waals surface area contributed by atoms with Crippen LogP contribution in [0.3, 0.4) is 0 Å². The van der Waals surface area contributed by atoms with Crippen molar-refractivity contribution in [1.29, 1.82) is 0 Å². The van der Waals surface area contributed by atoms with E-state index in [1.165, 1.54) is 24.3 Å². The van der Waals surface area contributed by atoms with E-state index in [1.54, 1.807) is 0 Å². The molecular weight excluding hydrogens is 360 g/mol. The SMILES string of the molecule is CC1(C)[C@@H]2CC[C@]13CS(=O)(=O)N(C(=O)Oc1ccc([N+](=O)[O-])cc1)[C@@H]3C2. The molecule has 2 saturated carbocycles. The van der Waals surface area contributed by atoms with Gasteiger partial charge >= 0.3 is 6.09 Å². The lowest BCUT2D eigenvalue weighted by Gasteiger charge is -2.36. The fraction of sp³-hybridized carbons (Fsp3) is 0.588. The average molecular weight is 380 g/mol. The summed E-state index contributed by atoms with van der Waals surface area (Å²) >= 11 is 0. The van der Waals surface area contributed by atoms with Crippen LogP contribution in [0.25, 0.3) is 0 Å². The van der Waals surface area contributed by atoms with Crippen LogP contribution in [0.15, 0.2) is 24.3 Å². The quantitative estimate of drug-likeness (QED) is 0.577. The lowest BCUT2D eigenvalue weighted by atomic mass is 9.69. The minimum Gasteiger partial charge on any atom is -0.409 e. The first-order valence-corrected chi connectivity index (χ1v) is 10.2. The van der Waals surface area contributed by atoms with Gasteiger partial charge in [0.1, 0.15) is 5.75 Å². The molecule has 3 fully saturated rings. The van der Waals surface area contributed by atoms with E-state index in [1.807, 2.05) is 0 Å². The number of carbonyl (C=O) groups excluding carboxylic acids is 1. The molecule has 140 valence electrons. The summed E-state index contributed by atoms with van der Waals surface area (Å²) in [4.78, 5) is 22.8. The van der Waals surface area contributed by atoms with Crippen molar-refractivity contribution in [2.75, 3.05) is 5.75 Å². The van der Waals surface area contributed by atoms with Crippen LogP contribution in [-0.4, -0.2) is 35.5 Å². The van der Waals surface area contributed by atoms with E-state index in [2.05, 4.69) is 13.8 Å². The van der Waals surface area contributed by atoms with Gasteiger partial charge in [-0.25, -0.2) is 17.5 Å². The highest BCUT2D eigenvalue weighted by Crippen LogP contribution is 2.69. The Morgan fingerprint density at radius 2 is 1.96 bits per heavy atom. The van der Waals surface area contributed by atoms with Gasteiger partial charge in [0.25, 0.3) is 5.69 Å². The zero-order valence-corrected chi connectivity index (χ0v) is 15.4. The number of ether oxygens (including phenoxy) is 1. The Bertz CT molecular complexity index is 894. The zero-order chi connectivity index (χ0) is 18.9. The first kappa shape index (κ1) is 17.3. The largest absolute Gasteiger partial charge is 0.429 e. The first-order chi connectivity index (χ1) is 12.1. The number of hydrogen-bond donors (Lipinski definition) is 0. The molecule has 26 heavy (non-hydrogen) atoms. The van der Waals surface area contributed by atoms with Crippen molar-refractivity contribution in [3.8, 4) is 5.75 Å². The molecule has 2 bridgehead atoms. The Labute approximate surface area is 151 Å². The van der Waals surface area contributed by atoms with Crippen LogP contribution < -0.4 is 4.74 Å². The van der Waals surface area contributed by atoms with Gasteiger partial charge in [-0.1, -0.05) is 13.8 Å². The Hall–Kier alpha value is -2.16. The van der Waals surface area contributed by atoms with Crippen molar-refractivity contribution in [2.24, 2.45) is 16.7 Å². The lowest BCUT2D eigenvalue weighted by molar-refractivity contribution is -0.384. The third-order valence-electron chi connectivity index (χ3n) is 6.84. The maximum absolute atomic E-state index is 12.8. The van der Waals surface area contributed by atoms with Gasteiger partial charge < -0.3 is 4.74 Å². The van der Waals surface area contributed by atoms with Crippen molar-refractivity contribution < 1.29 is 22.9 Å². The van der Waals surface area contributed by atoms with Gasteiger partial charge in [-0.15, -0.1) is 0 Å². The second-order valence-corrected chi connectivity index (χ2v) is 9.88. The van der Waals surface area contributed by atoms with Crippen molar-refractivity contribution in [1.82, 2.24) is 4.31 Å². The molecule has 1 saturated heterocycles. The van der Waals surface area contributed by atoms with E-state index in [9.17, 15) is 23.3 Å². The Balaban J connectivity index is 1.61. The van der Waals surface area contributed by atoms with Gasteiger partial charge in [0.15, 0.2) is 0 Å². The van der Waals surface area contributed by atoms with Crippen LogP contribution in [0.5, 0.6) is 5.75 Å². The number of nitro benzene ring substituents is 1. The maximum atomic E-state index is 12.8. The van der Waals surface area contributed by atoms with Gasteiger partial charge in [0, 0.05) is 17.5 Å². The summed E-state index contributed by atoms with van der Waals surface area (Å²) in [7, 11) is -3.75. The lowest BCUT2D eigenvalue weighted by Crippen LogP contribution is -2.45. The number of nitro groups is 1. The highest BCUT2D eigenvalue weighted by atomic mass is 32.2. The molecular formula is C17H20N2O6S. The number of rotatable bonds is 2. The van der Waals surface area contributed by atoms with Crippen LogP contribution >= 0.6 is 0 Å². The molecule has 2 aliphatic carbocycles. The summed E-state index contributed by atoms with van der Waals surface area (Å²) in [5, 5.41) is 10.7. The molecule has 1 aromatic carbocycles. The minimum absolute atomic E-state index is 0.0243. The summed E-state index contributed by atoms with van der Waals surface area (Å²) in [6.45, 7) is 4.21. The summed E-state index contributed by atoms with van der Waals surface area (Å²) in [5.74, 6) is 0.459. The van der Waals surface area contributed by atoms with Crippen LogP contribution in [0.4, 0.5) is 10.5 Å². The molecule has 1 aromatic rings. The van der Waals surface area contributed by atoms with E-state index in [4.69, 9.17) is 4.74 Å². The zero-order valence-electron chi connectivity index (χ0n) is 14.5. The van der Waals surface area contributed by atoms with Gasteiger partial charge in [0.2, 0.25) is 10.0 Å². The molecule has 1 aliphatic heterocycles. The van der Waals surface area contributed by atoms with Gasteiger partial charge in [-0.2, -0.15) is 0 Å². The average Bonchev–Trinajstić information content (AvgIpc) is 3.02. The van der Waals surface area contributed by atoms with E-state index < -0.39 is 26.5 Å². The van der Waals surface area contributed by atoms with E-state index in [-0.39, 0.29) is 28.6 Å². The number of non-ortho nitro benzene ring substituents is 1. The van der Waals surface area contributed by atoms with Crippen LogP contribution in [0.1, 0.15) is 33.1 Å². The second kappa shape index (κ2) is 5.18. The molecule has 8 nitrogen and oxygen atoms in total. The van der Waals surface area contributed by atoms with Crippen molar-refractivity contribution in [2.45, 2.75) is 39.2 Å². The fourth-order valence-corrected chi connectivity index (χ4v) is 7.75. The highest BCUT2D eigenvalue weighted by Gasteiger charge is 2.72. The molecule has 0 aromatic heterocycles. The van der Waals surface area contributed by atoms with Gasteiger partial charge in [-0.3, -0.25) is 10.1 Å². The third-order valence-corrected chi connectivity index (χ3v) is 8.73. The summed E-state index contributed by atoms with van der Waals surface area (Å²) in [6, 6.07) is 4.64. The third kappa shape index (κ3) is 2.12. The number of amides is 1. The molecule has 0 N–H and O–H groups in total. The van der Waals surface area contributed by atoms with Gasteiger partial charge in [-0.05, 0) is 42.7 Å². The van der Waals surface area contributed by atoms with Crippen molar-refractivity contribution in [3.05, 3.63) is 34.4 Å². The summed E-state index contributed by atoms with van der Waals surface area (Å²) in [5.41, 5.74) is -0.676. The maximum Gasteiger partial charge on any atom is 0.429 e. The first-order valence-electron chi connectivity index (χ1n) is 8.57. The normalized spacial score (nSPS) is 33.1. The van der Waals surface area contributed by atoms with E-state index >= 15 is 0 Å². The Morgan fingerprint density at radius 3 is 2.54 bits per heavy atom. The number of hydrogen-bond acceptors (Lipinski definition) is 6. The monoisotopic (exact) mass is 380 g/mol. The Morgan fingerprint density at radius 1 is 1.31 bits per heavy atom. The molecule has 0 radical (unpaired) electrons. The van der Waals surface area contributed by atoms with Crippen LogP contribution in [0, 0.1) is 26.9 Å². The predicted octanol–water partition coefficient (Wildman–Crippen LogP) is 2.93. The predicted molar refractivity (Wildman–Crippen MR) is 92.1 cm³/mol. The number of nitrogens with zero attached hydrogens (tertiary/aromatic N) is 2. The van der Waals surface area contributed by atoms with Crippen LogP contribution in [-0.2, 0) is 10.0 Å². The van der Waals surface area contributed by atoms with E-state index in [0.717, 1.165) is 17.1 Å². The number of fused-ring (bicyclic) bond motifs is 1. The molecule has 9 heteroatoms. The molecule has 3 atom stereocenters. The summed E-state index contributed by atoms with van der Waals surface area (Å²) < 4.78 is 31.7. The number of sulfonamides is 1. The number of benzene rings is 1. The molecule has 1 spiro atoms. The summed E-state index contributed by atoms with van der Waals surface area (Å²) in [6.07, 6.45) is 1.53. The molecule has 1 heterocycles. The number of carbonyl (C=O) groups is 1. The molecule has 3 aliphatic rings. The van der Waals surface area contributed by atoms with Crippen molar-refractivity contribution >= 4 is 21.8 Å². The van der Waals surface area contributed by atoms with E-state index in [0.29, 0.717) is 12.3 Å². The standard InChI is InChI=1S/C17H20N2O6S/c1-16(2)11-7-8-17(16)10-26(23,24)18(14(17)9-11)15(20)25-13-5-3-12(4-6-13)19(21)22/h3-6,11,14H,7-10H2,1-2H3/t11-,14-,17-/m1/s1. The molecule has 0 unspecified atom stereocenters. The highest BCUT2D eigenvalue weighted by molar-refractivity contribution is 7.89. The smallest absolute Gasteiger partial charge is 0.409 e. The van der Waals surface area contributed by atoms with Crippen molar-refractivity contribution in [3.63, 3.8) is 0 Å². The molecule has 1 amide bonds. The second-order valence-electron chi connectivity index (χ2n) is 8.04. The fourth-order valence-electron chi connectivity index (χ4n) is 5.31. The topological polar surface area (TPSA) is 107 Å². The Kier molecular flexibility index (Phi) is 3.44. The minimum atomic E-state index is -3.75. The molecule has 4 rings (SSSR count). The van der Waals surface area contributed by atoms with Gasteiger partial charge in [0.05, 0.1) is 16.7 Å².